The summed E-state index contributed by atoms with van der Waals surface area (Å²) in [5, 5.41) is 12.6. The monoisotopic (exact) mass is 682 g/mol. The minimum atomic E-state index is -1.04. The lowest BCUT2D eigenvalue weighted by Crippen LogP contribution is -2.42. The number of nitrogens with two attached hydrogens (primary N) is 1. The molecule has 48 heavy (non-hydrogen) atoms. The lowest BCUT2D eigenvalue weighted by molar-refractivity contribution is -0.121. The average molecular weight is 683 g/mol. The number of ether oxygens (including phenoxy) is 1. The zero-order valence-corrected chi connectivity index (χ0v) is 29.3. The number of nitrogens with zero attached hydrogens (tertiary/aromatic N) is 4. The van der Waals surface area contributed by atoms with Crippen LogP contribution in [0.4, 0.5) is 10.6 Å². The molecule has 1 fully saturated rings. The average Bonchev–Trinajstić information content (AvgIpc) is 3.52. The lowest BCUT2D eigenvalue weighted by atomic mass is 10.2. The standard InChI is InChI=1S/C36H54N6O5S/c1-3-4-5-6-7-8-9-10-11-12-13-14-15-16-17-18-19-20-21-22-32(43)38-24-26-40(2)27-28-41(36(45)46)29-34-47-33(30-48-34)42-25-23-31(37)39-35(42)44/h4-5,7-8,10-11,13-14,16-17,19-20,23,25,33-34H,3,6,9,12,15,18,21-22,24,26-30H2,1-2H3,(H,38,43)(H,45,46)(H2,37,39,44)/b5-4-,8-7-,11-10-,14-13-,17-16-,20-19-/t33-,34+/m0/s1. The van der Waals surface area contributed by atoms with Gasteiger partial charge in [0.2, 0.25) is 5.91 Å². The summed E-state index contributed by atoms with van der Waals surface area (Å²) in [4.78, 5) is 43.1. The van der Waals surface area contributed by atoms with Crippen molar-refractivity contribution >= 4 is 29.6 Å². The number of hydrogen-bond acceptors (Lipinski definition) is 8. The molecule has 4 N–H and O–H groups in total. The number of rotatable bonds is 23. The van der Waals surface area contributed by atoms with E-state index in [-0.39, 0.29) is 24.8 Å². The zero-order valence-electron chi connectivity index (χ0n) is 28.5. The number of nitrogens with one attached hydrogen (secondary N) is 1. The normalized spacial score (nSPS) is 17.1. The molecular weight excluding hydrogens is 629 g/mol. The molecule has 2 heterocycles. The maximum Gasteiger partial charge on any atom is 0.407 e. The van der Waals surface area contributed by atoms with Crippen molar-refractivity contribution in [3.05, 3.63) is 95.7 Å². The smallest absolute Gasteiger partial charge is 0.407 e. The fraction of sp³-hybridized carbons (Fsp3) is 0.500. The number of likely N-dealkylation sites (N-methyl/N-ethyl adjacent to an activating group) is 1. The summed E-state index contributed by atoms with van der Waals surface area (Å²) in [5.41, 5.74) is 4.65. The van der Waals surface area contributed by atoms with E-state index in [2.05, 4.69) is 84.1 Å². The van der Waals surface area contributed by atoms with Gasteiger partial charge in [-0.05, 0) is 58.1 Å². The summed E-state index contributed by atoms with van der Waals surface area (Å²) >= 11 is 1.45. The van der Waals surface area contributed by atoms with Gasteiger partial charge in [-0.25, -0.2) is 9.59 Å². The van der Waals surface area contributed by atoms with E-state index < -0.39 is 23.4 Å². The summed E-state index contributed by atoms with van der Waals surface area (Å²) in [6, 6.07) is 1.53. The van der Waals surface area contributed by atoms with Crippen molar-refractivity contribution in [2.45, 2.75) is 70.0 Å². The number of nitrogen functional groups attached to an aromatic ring is 1. The second kappa shape index (κ2) is 25.2. The SMILES string of the molecule is CC/C=C\C/C=C\C/C=C\C/C=C\C/C=C\C/C=C\CCC(=O)NCCN(C)CCN(C[C@@H]1O[C@H](n2ccc(N)nc2=O)CS1)C(=O)O. The van der Waals surface area contributed by atoms with Gasteiger partial charge in [-0.3, -0.25) is 9.36 Å². The highest BCUT2D eigenvalue weighted by Crippen LogP contribution is 2.31. The number of carbonyl (C=O) groups is 2. The van der Waals surface area contributed by atoms with Crippen molar-refractivity contribution < 1.29 is 19.4 Å². The van der Waals surface area contributed by atoms with Gasteiger partial charge in [0.25, 0.3) is 0 Å². The summed E-state index contributed by atoms with van der Waals surface area (Å²) in [7, 11) is 1.89. The third kappa shape index (κ3) is 18.5. The second-order valence-corrected chi connectivity index (χ2v) is 12.4. The third-order valence-electron chi connectivity index (χ3n) is 7.24. The largest absolute Gasteiger partial charge is 0.465 e. The Bertz CT molecular complexity index is 1320. The van der Waals surface area contributed by atoms with Gasteiger partial charge in [-0.2, -0.15) is 4.98 Å². The predicted octanol–water partition coefficient (Wildman–Crippen LogP) is 5.92. The van der Waals surface area contributed by atoms with Crippen LogP contribution in [0.25, 0.3) is 0 Å². The van der Waals surface area contributed by atoms with Gasteiger partial charge in [-0.15, -0.1) is 11.8 Å². The van der Waals surface area contributed by atoms with E-state index in [1.54, 1.807) is 0 Å². The molecule has 264 valence electrons. The van der Waals surface area contributed by atoms with Gasteiger partial charge >= 0.3 is 11.8 Å². The highest BCUT2D eigenvalue weighted by atomic mass is 32.2. The van der Waals surface area contributed by atoms with Crippen LogP contribution in [0.15, 0.2) is 90.0 Å². The minimum Gasteiger partial charge on any atom is -0.465 e. The molecule has 0 unspecified atom stereocenters. The van der Waals surface area contributed by atoms with E-state index >= 15 is 0 Å². The van der Waals surface area contributed by atoms with E-state index in [1.165, 1.54) is 33.5 Å². The molecule has 0 aromatic carbocycles. The fourth-order valence-corrected chi connectivity index (χ4v) is 5.62. The van der Waals surface area contributed by atoms with Gasteiger partial charge in [0.05, 0.1) is 6.54 Å². The van der Waals surface area contributed by atoms with Crippen LogP contribution in [0.5, 0.6) is 0 Å². The molecule has 12 heteroatoms. The van der Waals surface area contributed by atoms with Gasteiger partial charge in [0, 0.05) is 44.5 Å². The number of hydrogen-bond donors (Lipinski definition) is 3. The van der Waals surface area contributed by atoms with E-state index in [0.29, 0.717) is 38.2 Å². The summed E-state index contributed by atoms with van der Waals surface area (Å²) in [6.45, 7) is 4.19. The van der Waals surface area contributed by atoms with E-state index in [4.69, 9.17) is 10.5 Å². The van der Waals surface area contributed by atoms with Crippen molar-refractivity contribution in [1.82, 2.24) is 24.7 Å². The Morgan fingerprint density at radius 1 is 0.979 bits per heavy atom. The number of amides is 2. The van der Waals surface area contributed by atoms with Crippen LogP contribution >= 0.6 is 11.8 Å². The first-order valence-corrected chi connectivity index (χ1v) is 17.8. The Labute approximate surface area is 290 Å². The van der Waals surface area contributed by atoms with Crippen molar-refractivity contribution in [2.75, 3.05) is 51.3 Å². The van der Waals surface area contributed by atoms with E-state index in [0.717, 1.165) is 38.5 Å². The van der Waals surface area contributed by atoms with Crippen LogP contribution in [0, 0.1) is 0 Å². The number of carbonyl (C=O) groups excluding carboxylic acids is 1. The molecule has 0 bridgehead atoms. The molecule has 1 saturated heterocycles. The van der Waals surface area contributed by atoms with Crippen LogP contribution in [0.3, 0.4) is 0 Å². The molecular formula is C36H54N6O5S. The van der Waals surface area contributed by atoms with Crippen molar-refractivity contribution in [3.63, 3.8) is 0 Å². The summed E-state index contributed by atoms with van der Waals surface area (Å²) < 4.78 is 7.27. The molecule has 1 aliphatic heterocycles. The van der Waals surface area contributed by atoms with Crippen LogP contribution in [-0.4, -0.2) is 87.4 Å². The van der Waals surface area contributed by atoms with Crippen LogP contribution in [-0.2, 0) is 9.53 Å². The molecule has 1 aromatic heterocycles. The fourth-order valence-electron chi connectivity index (χ4n) is 4.51. The van der Waals surface area contributed by atoms with Gasteiger partial charge in [0.15, 0.2) is 0 Å². The van der Waals surface area contributed by atoms with Gasteiger partial charge < -0.3 is 30.7 Å². The first-order chi connectivity index (χ1) is 23.3. The van der Waals surface area contributed by atoms with Gasteiger partial charge in [-0.1, -0.05) is 79.8 Å². The molecule has 1 aliphatic rings. The first kappa shape index (κ1) is 40.3. The quantitative estimate of drug-likeness (QED) is 0.120. The molecule has 2 atom stereocenters. The number of anilines is 1. The lowest BCUT2D eigenvalue weighted by Gasteiger charge is -2.25. The molecule has 0 aliphatic carbocycles. The maximum atomic E-state index is 12.2. The van der Waals surface area contributed by atoms with Crippen LogP contribution in [0.1, 0.15) is 64.5 Å². The summed E-state index contributed by atoms with van der Waals surface area (Å²) in [6.07, 6.45) is 32.8. The van der Waals surface area contributed by atoms with Gasteiger partial charge in [0.1, 0.15) is 17.5 Å². The number of allylic oxidation sites excluding steroid dienone is 12. The maximum absolute atomic E-state index is 12.2. The van der Waals surface area contributed by atoms with Crippen LogP contribution < -0.4 is 16.7 Å². The molecule has 0 spiro atoms. The van der Waals surface area contributed by atoms with Crippen molar-refractivity contribution in [2.24, 2.45) is 0 Å². The number of thioether (sulfide) groups is 1. The number of carboxylic acid groups (broad SMARTS) is 1. The van der Waals surface area contributed by atoms with E-state index in [9.17, 15) is 19.5 Å². The molecule has 2 amide bonds. The Kier molecular flexibility index (Phi) is 21.1. The molecule has 1 aromatic rings. The Balaban J connectivity index is 1.50. The zero-order chi connectivity index (χ0) is 34.8. The molecule has 11 nitrogen and oxygen atoms in total. The van der Waals surface area contributed by atoms with E-state index in [1.807, 2.05) is 18.0 Å². The topological polar surface area (TPSA) is 143 Å². The first-order valence-electron chi connectivity index (χ1n) is 16.7. The number of aromatic nitrogens is 2. The minimum absolute atomic E-state index is 0.00420. The Hall–Kier alpha value is -3.87. The van der Waals surface area contributed by atoms with Crippen molar-refractivity contribution in [3.8, 4) is 0 Å². The second-order valence-electron chi connectivity index (χ2n) is 11.2. The van der Waals surface area contributed by atoms with Crippen molar-refractivity contribution in [1.29, 1.82) is 0 Å². The summed E-state index contributed by atoms with van der Waals surface area (Å²) in [5.74, 6) is 0.638. The molecule has 0 radical (unpaired) electrons. The highest BCUT2D eigenvalue weighted by molar-refractivity contribution is 8.00. The van der Waals surface area contributed by atoms with Crippen LogP contribution in [0.2, 0.25) is 0 Å². The molecule has 2 rings (SSSR count). The Morgan fingerprint density at radius 3 is 2.12 bits per heavy atom. The predicted molar refractivity (Wildman–Crippen MR) is 197 cm³/mol. The molecule has 0 saturated carbocycles. The third-order valence-corrected chi connectivity index (χ3v) is 8.35. The highest BCUT2D eigenvalue weighted by Gasteiger charge is 2.30. The Morgan fingerprint density at radius 2 is 1.56 bits per heavy atom.